The number of carbonyl (C=O) groups is 1. The van der Waals surface area contributed by atoms with Crippen LogP contribution in [0.15, 0.2) is 54.6 Å². The van der Waals surface area contributed by atoms with E-state index in [0.717, 1.165) is 25.7 Å². The molecule has 0 bridgehead atoms. The van der Waals surface area contributed by atoms with E-state index in [1.807, 2.05) is 13.0 Å². The Kier molecular flexibility index (Phi) is 5.75. The predicted octanol–water partition coefficient (Wildman–Crippen LogP) is 5.49. The van der Waals surface area contributed by atoms with Crippen molar-refractivity contribution in [2.75, 3.05) is 0 Å². The number of hydrogen-bond acceptors (Lipinski definition) is 4. The summed E-state index contributed by atoms with van der Waals surface area (Å²) in [5.41, 5.74) is 1.18. The van der Waals surface area contributed by atoms with E-state index in [0.29, 0.717) is 0 Å². The van der Waals surface area contributed by atoms with Crippen LogP contribution < -0.4 is 0 Å². The number of esters is 1. The van der Waals surface area contributed by atoms with Crippen LogP contribution in [0.5, 0.6) is 0 Å². The molecule has 0 radical (unpaired) electrons. The Balaban J connectivity index is 1.55. The van der Waals surface area contributed by atoms with Crippen LogP contribution in [0.4, 0.5) is 0 Å². The van der Waals surface area contributed by atoms with Crippen molar-refractivity contribution in [3.8, 4) is 0 Å². The van der Waals surface area contributed by atoms with Crippen LogP contribution in [0.2, 0.25) is 0 Å². The number of carbonyl (C=O) groups excluding carboxylic acids is 1. The van der Waals surface area contributed by atoms with Gasteiger partial charge < -0.3 is 4.74 Å². The minimum Gasteiger partial charge on any atom is -0.460 e. The van der Waals surface area contributed by atoms with E-state index < -0.39 is 6.10 Å². The van der Waals surface area contributed by atoms with Crippen LogP contribution in [0.3, 0.4) is 0 Å². The van der Waals surface area contributed by atoms with Crippen molar-refractivity contribution in [1.29, 1.82) is 0 Å². The Morgan fingerprint density at radius 2 is 1.76 bits per heavy atom. The molecule has 1 aliphatic heterocycles. The van der Waals surface area contributed by atoms with E-state index in [-0.39, 0.29) is 29.5 Å². The fraction of sp³-hybridized carbons (Fsp3) is 0.480. The molecule has 2 aromatic rings. The molecule has 2 aromatic carbocycles. The lowest BCUT2D eigenvalue weighted by molar-refractivity contribution is -0.333. The highest BCUT2D eigenvalue weighted by Crippen LogP contribution is 2.43. The minimum absolute atomic E-state index is 0.107. The van der Waals surface area contributed by atoms with E-state index in [2.05, 4.69) is 56.3 Å². The molecule has 0 aromatic heterocycles. The molecule has 0 unspecified atom stereocenters. The Hall–Kier alpha value is -2.17. The van der Waals surface area contributed by atoms with Crippen molar-refractivity contribution in [2.45, 2.75) is 70.2 Å². The van der Waals surface area contributed by atoms with Gasteiger partial charge in [-0.1, -0.05) is 68.8 Å². The maximum Gasteiger partial charge on any atom is 0.343 e. The van der Waals surface area contributed by atoms with E-state index >= 15 is 0 Å². The normalized spacial score (nSPS) is 27.7. The smallest absolute Gasteiger partial charge is 0.343 e. The largest absolute Gasteiger partial charge is 0.460 e. The van der Waals surface area contributed by atoms with Crippen LogP contribution in [0, 0.1) is 5.92 Å². The molecule has 1 fully saturated rings. The average molecular weight is 395 g/mol. The monoisotopic (exact) mass is 394 g/mol. The lowest BCUT2D eigenvalue weighted by Gasteiger charge is -2.42. The standard InChI is InChI=1S/C25H30O4/c1-17-12-15-23(29-28-17)24(26)27-22-11-7-6-10-21(22)25(2,3)20-14-13-18-8-4-5-9-19(18)16-20/h4-5,8-9,12-17,21-23H,6-7,10-11H2,1-3H3/t17-,21-,22-,23-/m0/s1. The Morgan fingerprint density at radius 3 is 2.52 bits per heavy atom. The van der Waals surface area contributed by atoms with Crippen LogP contribution in [-0.2, 0) is 24.7 Å². The molecule has 1 heterocycles. The first-order valence-corrected chi connectivity index (χ1v) is 10.7. The Labute approximate surface area is 172 Å². The van der Waals surface area contributed by atoms with Gasteiger partial charge in [0.25, 0.3) is 0 Å². The van der Waals surface area contributed by atoms with Crippen molar-refractivity contribution in [3.05, 3.63) is 60.2 Å². The fourth-order valence-electron chi connectivity index (χ4n) is 4.67. The Morgan fingerprint density at radius 1 is 1.00 bits per heavy atom. The van der Waals surface area contributed by atoms with Crippen LogP contribution >= 0.6 is 0 Å². The summed E-state index contributed by atoms with van der Waals surface area (Å²) in [6.45, 7) is 6.41. The van der Waals surface area contributed by atoms with Crippen molar-refractivity contribution >= 4 is 16.7 Å². The zero-order valence-electron chi connectivity index (χ0n) is 17.5. The summed E-state index contributed by atoms with van der Waals surface area (Å²) in [4.78, 5) is 23.0. The summed E-state index contributed by atoms with van der Waals surface area (Å²) < 4.78 is 5.98. The van der Waals surface area contributed by atoms with Gasteiger partial charge in [-0.25, -0.2) is 14.6 Å². The lowest BCUT2D eigenvalue weighted by Crippen LogP contribution is -2.43. The molecule has 0 amide bonds. The number of ether oxygens (including phenoxy) is 1. The molecule has 0 spiro atoms. The van der Waals surface area contributed by atoms with E-state index in [1.165, 1.54) is 16.3 Å². The van der Waals surface area contributed by atoms with Crippen LogP contribution in [0.1, 0.15) is 52.0 Å². The highest BCUT2D eigenvalue weighted by Gasteiger charge is 2.41. The summed E-state index contributed by atoms with van der Waals surface area (Å²) in [5, 5.41) is 2.49. The minimum atomic E-state index is -0.780. The van der Waals surface area contributed by atoms with Gasteiger partial charge in [0, 0.05) is 5.92 Å². The zero-order valence-corrected chi connectivity index (χ0v) is 17.5. The van der Waals surface area contributed by atoms with Gasteiger partial charge in [0.2, 0.25) is 6.10 Å². The van der Waals surface area contributed by atoms with E-state index in [1.54, 1.807) is 6.08 Å². The van der Waals surface area contributed by atoms with Gasteiger partial charge in [0.05, 0.1) is 0 Å². The number of rotatable bonds is 4. The first-order valence-electron chi connectivity index (χ1n) is 10.7. The molecule has 2 aliphatic rings. The summed E-state index contributed by atoms with van der Waals surface area (Å²) in [6.07, 6.45) is 6.69. The Bertz CT molecular complexity index is 901. The first-order chi connectivity index (χ1) is 13.9. The molecule has 154 valence electrons. The van der Waals surface area contributed by atoms with Gasteiger partial charge in [0.15, 0.2) is 0 Å². The number of benzene rings is 2. The van der Waals surface area contributed by atoms with Gasteiger partial charge in [-0.3, -0.25) is 0 Å². The molecular weight excluding hydrogens is 364 g/mol. The van der Waals surface area contributed by atoms with Crippen molar-refractivity contribution in [2.24, 2.45) is 5.92 Å². The van der Waals surface area contributed by atoms with Crippen molar-refractivity contribution < 1.29 is 19.3 Å². The van der Waals surface area contributed by atoms with Gasteiger partial charge in [0.1, 0.15) is 12.2 Å². The SMILES string of the molecule is C[C@H]1C=C[C@@H](C(=O)O[C@H]2CCCC[C@@H]2C(C)(C)c2ccc3ccccc3c2)OO1. The van der Waals surface area contributed by atoms with Gasteiger partial charge in [-0.15, -0.1) is 0 Å². The average Bonchev–Trinajstić information content (AvgIpc) is 2.74. The highest BCUT2D eigenvalue weighted by atomic mass is 17.2. The molecule has 4 atom stereocenters. The molecule has 0 saturated heterocycles. The predicted molar refractivity (Wildman–Crippen MR) is 113 cm³/mol. The lowest BCUT2D eigenvalue weighted by atomic mass is 9.66. The molecule has 4 rings (SSSR count). The maximum absolute atomic E-state index is 12.7. The van der Waals surface area contributed by atoms with Gasteiger partial charge >= 0.3 is 5.97 Å². The molecule has 1 saturated carbocycles. The summed E-state index contributed by atoms with van der Waals surface area (Å²) in [6, 6.07) is 15.1. The van der Waals surface area contributed by atoms with Crippen LogP contribution in [-0.4, -0.2) is 24.3 Å². The maximum atomic E-state index is 12.7. The second-order valence-corrected chi connectivity index (χ2v) is 8.85. The topological polar surface area (TPSA) is 44.8 Å². The first kappa shape index (κ1) is 20.1. The molecule has 4 heteroatoms. The van der Waals surface area contributed by atoms with Crippen molar-refractivity contribution in [1.82, 2.24) is 0 Å². The third-order valence-electron chi connectivity index (χ3n) is 6.49. The zero-order chi connectivity index (χ0) is 20.4. The molecule has 0 N–H and O–H groups in total. The van der Waals surface area contributed by atoms with Gasteiger partial charge in [-0.2, -0.15) is 0 Å². The van der Waals surface area contributed by atoms with Crippen molar-refractivity contribution in [3.63, 3.8) is 0 Å². The summed E-state index contributed by atoms with van der Waals surface area (Å²) in [7, 11) is 0. The molecule has 29 heavy (non-hydrogen) atoms. The van der Waals surface area contributed by atoms with Crippen LogP contribution in [0.25, 0.3) is 10.8 Å². The number of hydrogen-bond donors (Lipinski definition) is 0. The second-order valence-electron chi connectivity index (χ2n) is 8.85. The second kappa shape index (κ2) is 8.29. The number of fused-ring (bicyclic) bond motifs is 1. The van der Waals surface area contributed by atoms with Gasteiger partial charge in [-0.05, 0) is 54.0 Å². The van der Waals surface area contributed by atoms with E-state index in [9.17, 15) is 4.79 Å². The fourth-order valence-corrected chi connectivity index (χ4v) is 4.67. The summed E-state index contributed by atoms with van der Waals surface area (Å²) >= 11 is 0. The highest BCUT2D eigenvalue weighted by molar-refractivity contribution is 5.83. The quantitative estimate of drug-likeness (QED) is 0.390. The summed E-state index contributed by atoms with van der Waals surface area (Å²) in [5.74, 6) is -0.104. The third-order valence-corrected chi connectivity index (χ3v) is 6.49. The molecule has 4 nitrogen and oxygen atoms in total. The molecule has 1 aliphatic carbocycles. The molecular formula is C25H30O4. The third kappa shape index (κ3) is 4.24. The van der Waals surface area contributed by atoms with E-state index in [4.69, 9.17) is 14.5 Å².